The molecule has 1 saturated carbocycles. The third kappa shape index (κ3) is 4.22. The highest BCUT2D eigenvalue weighted by molar-refractivity contribution is 5.76. The maximum absolute atomic E-state index is 12.4. The van der Waals surface area contributed by atoms with Crippen LogP contribution < -0.4 is 4.74 Å². The lowest BCUT2D eigenvalue weighted by molar-refractivity contribution is -0.130. The van der Waals surface area contributed by atoms with Gasteiger partial charge in [-0.2, -0.15) is 5.26 Å². The second-order valence-electron chi connectivity index (χ2n) is 6.73. The van der Waals surface area contributed by atoms with Crippen LogP contribution in [0.5, 0.6) is 5.88 Å². The fourth-order valence-corrected chi connectivity index (χ4v) is 3.66. The van der Waals surface area contributed by atoms with Crippen molar-refractivity contribution < 1.29 is 9.53 Å². The number of nitriles is 1. The zero-order chi connectivity index (χ0) is 16.8. The minimum Gasteiger partial charge on any atom is -0.470 e. The number of aromatic nitrogens is 2. The number of nitrogens with zero attached hydrogens (tertiary/aromatic N) is 4. The van der Waals surface area contributed by atoms with E-state index in [0.29, 0.717) is 13.0 Å². The molecule has 0 radical (unpaired) electrons. The summed E-state index contributed by atoms with van der Waals surface area (Å²) in [5.41, 5.74) is 0.194. The lowest BCUT2D eigenvalue weighted by Crippen LogP contribution is -2.31. The smallest absolute Gasteiger partial charge is 0.251 e. The van der Waals surface area contributed by atoms with Gasteiger partial charge in [-0.15, -0.1) is 0 Å². The van der Waals surface area contributed by atoms with Crippen molar-refractivity contribution in [1.29, 1.82) is 5.26 Å². The second-order valence-corrected chi connectivity index (χ2v) is 6.73. The summed E-state index contributed by atoms with van der Waals surface area (Å²) >= 11 is 0. The van der Waals surface area contributed by atoms with Crippen LogP contribution in [0.3, 0.4) is 0 Å². The summed E-state index contributed by atoms with van der Waals surface area (Å²) in [5, 5.41) is 9.03. The fraction of sp³-hybridized carbons (Fsp3) is 0.667. The summed E-state index contributed by atoms with van der Waals surface area (Å²) in [6.45, 7) is 1.29. The molecule has 6 nitrogen and oxygen atoms in total. The molecular weight excluding hydrogens is 304 g/mol. The summed E-state index contributed by atoms with van der Waals surface area (Å²) in [6, 6.07) is 1.98. The van der Waals surface area contributed by atoms with E-state index in [1.54, 1.807) is 0 Å². The summed E-state index contributed by atoms with van der Waals surface area (Å²) in [4.78, 5) is 22.3. The molecule has 2 fully saturated rings. The molecule has 3 rings (SSSR count). The Morgan fingerprint density at radius 3 is 2.83 bits per heavy atom. The van der Waals surface area contributed by atoms with Gasteiger partial charge in [-0.25, -0.2) is 9.97 Å². The van der Waals surface area contributed by atoms with Gasteiger partial charge in [0, 0.05) is 31.8 Å². The molecule has 1 aromatic rings. The van der Waals surface area contributed by atoms with Crippen LogP contribution in [0.15, 0.2) is 12.4 Å². The van der Waals surface area contributed by atoms with Crippen molar-refractivity contribution in [3.05, 3.63) is 18.1 Å². The Bertz CT molecular complexity index is 607. The summed E-state index contributed by atoms with van der Waals surface area (Å²) < 4.78 is 5.78. The molecule has 6 heteroatoms. The molecule has 1 atom stereocenters. The third-order valence-corrected chi connectivity index (χ3v) is 5.04. The first-order valence-electron chi connectivity index (χ1n) is 8.92. The number of hydrogen-bond donors (Lipinski definition) is 0. The number of amides is 1. The molecule has 1 aliphatic carbocycles. The van der Waals surface area contributed by atoms with E-state index in [1.165, 1.54) is 44.5 Å². The van der Waals surface area contributed by atoms with Gasteiger partial charge in [-0.1, -0.05) is 32.1 Å². The molecule has 2 heterocycles. The summed E-state index contributed by atoms with van der Waals surface area (Å²) in [7, 11) is 0. The van der Waals surface area contributed by atoms with Crippen molar-refractivity contribution in [2.75, 3.05) is 13.1 Å². The Hall–Kier alpha value is -2.16. The van der Waals surface area contributed by atoms with Gasteiger partial charge >= 0.3 is 0 Å². The van der Waals surface area contributed by atoms with Crippen molar-refractivity contribution in [3.63, 3.8) is 0 Å². The minimum absolute atomic E-state index is 0.104. The van der Waals surface area contributed by atoms with Gasteiger partial charge in [0.1, 0.15) is 12.2 Å². The van der Waals surface area contributed by atoms with Gasteiger partial charge in [0.05, 0.1) is 6.54 Å². The molecule has 1 aliphatic heterocycles. The maximum atomic E-state index is 12.4. The zero-order valence-corrected chi connectivity index (χ0v) is 14.0. The predicted octanol–water partition coefficient (Wildman–Crippen LogP) is 2.69. The Morgan fingerprint density at radius 1 is 1.25 bits per heavy atom. The number of hydrogen-bond acceptors (Lipinski definition) is 5. The van der Waals surface area contributed by atoms with Gasteiger partial charge in [0.2, 0.25) is 11.6 Å². The second kappa shape index (κ2) is 8.09. The molecule has 0 N–H and O–H groups in total. The molecule has 1 saturated heterocycles. The van der Waals surface area contributed by atoms with Gasteiger partial charge in [-0.05, 0) is 12.3 Å². The SMILES string of the molecule is N#Cc1nccnc1O[C@@H]1CCN(C(=O)CCC2CCCCC2)C1. The number of carbonyl (C=O) groups is 1. The molecule has 1 amide bonds. The quantitative estimate of drug-likeness (QED) is 0.830. The highest BCUT2D eigenvalue weighted by Crippen LogP contribution is 2.28. The monoisotopic (exact) mass is 328 g/mol. The molecule has 0 bridgehead atoms. The van der Waals surface area contributed by atoms with E-state index >= 15 is 0 Å². The molecule has 0 unspecified atom stereocenters. The number of ether oxygens (including phenoxy) is 1. The van der Waals surface area contributed by atoms with Crippen molar-refractivity contribution in [2.24, 2.45) is 5.92 Å². The van der Waals surface area contributed by atoms with E-state index in [0.717, 1.165) is 25.3 Å². The molecular formula is C18H24N4O2. The zero-order valence-electron chi connectivity index (χ0n) is 14.0. The van der Waals surface area contributed by atoms with Gasteiger partial charge in [-0.3, -0.25) is 4.79 Å². The van der Waals surface area contributed by atoms with Crippen LogP contribution in [0, 0.1) is 17.2 Å². The first-order chi connectivity index (χ1) is 11.8. The fourth-order valence-electron chi connectivity index (χ4n) is 3.66. The van der Waals surface area contributed by atoms with Gasteiger partial charge < -0.3 is 9.64 Å². The number of likely N-dealkylation sites (tertiary alicyclic amines) is 1. The van der Waals surface area contributed by atoms with Crippen LogP contribution >= 0.6 is 0 Å². The first kappa shape index (κ1) is 16.7. The van der Waals surface area contributed by atoms with Crippen molar-refractivity contribution in [3.8, 4) is 11.9 Å². The van der Waals surface area contributed by atoms with Crippen molar-refractivity contribution in [2.45, 2.75) is 57.5 Å². The van der Waals surface area contributed by atoms with Crippen LogP contribution in [0.25, 0.3) is 0 Å². The van der Waals surface area contributed by atoms with E-state index in [9.17, 15) is 4.79 Å². The van der Waals surface area contributed by atoms with Gasteiger partial charge in [0.25, 0.3) is 5.88 Å². The van der Waals surface area contributed by atoms with Crippen LogP contribution in [0.1, 0.15) is 57.1 Å². The van der Waals surface area contributed by atoms with Crippen molar-refractivity contribution in [1.82, 2.24) is 14.9 Å². The summed E-state index contributed by atoms with van der Waals surface area (Å²) in [5.74, 6) is 1.22. The van der Waals surface area contributed by atoms with Crippen LogP contribution in [-0.2, 0) is 4.79 Å². The topological polar surface area (TPSA) is 79.1 Å². The van der Waals surface area contributed by atoms with Gasteiger partial charge in [0.15, 0.2) is 0 Å². The highest BCUT2D eigenvalue weighted by Gasteiger charge is 2.29. The van der Waals surface area contributed by atoms with Crippen LogP contribution in [-0.4, -0.2) is 40.0 Å². The van der Waals surface area contributed by atoms with Crippen molar-refractivity contribution >= 4 is 5.91 Å². The standard InChI is InChI=1S/C18H24N4O2/c19-12-16-18(21-10-9-20-16)24-15-8-11-22(13-15)17(23)7-6-14-4-2-1-3-5-14/h9-10,14-15H,1-8,11,13H2/t15-/m1/s1. The summed E-state index contributed by atoms with van der Waals surface area (Å²) in [6.07, 6.45) is 11.9. The lowest BCUT2D eigenvalue weighted by Gasteiger charge is -2.22. The molecule has 2 aliphatic rings. The minimum atomic E-state index is -0.104. The molecule has 0 aromatic carbocycles. The molecule has 1 aromatic heterocycles. The average molecular weight is 328 g/mol. The number of rotatable bonds is 5. The van der Waals surface area contributed by atoms with Crippen LogP contribution in [0.4, 0.5) is 0 Å². The Balaban J connectivity index is 1.46. The maximum Gasteiger partial charge on any atom is 0.251 e. The molecule has 128 valence electrons. The van der Waals surface area contributed by atoms with Crippen LogP contribution in [0.2, 0.25) is 0 Å². The first-order valence-corrected chi connectivity index (χ1v) is 8.92. The van der Waals surface area contributed by atoms with E-state index in [2.05, 4.69) is 9.97 Å². The predicted molar refractivity (Wildman–Crippen MR) is 88.2 cm³/mol. The molecule has 24 heavy (non-hydrogen) atoms. The highest BCUT2D eigenvalue weighted by atomic mass is 16.5. The third-order valence-electron chi connectivity index (χ3n) is 5.04. The van der Waals surface area contributed by atoms with E-state index in [-0.39, 0.29) is 23.6 Å². The average Bonchev–Trinajstić information content (AvgIpc) is 3.10. The number of carbonyl (C=O) groups excluding carboxylic acids is 1. The molecule has 0 spiro atoms. The Kier molecular flexibility index (Phi) is 5.63. The van der Waals surface area contributed by atoms with E-state index in [1.807, 2.05) is 11.0 Å². The van der Waals surface area contributed by atoms with E-state index < -0.39 is 0 Å². The lowest BCUT2D eigenvalue weighted by atomic mass is 9.86. The van der Waals surface area contributed by atoms with E-state index in [4.69, 9.17) is 10.00 Å². The Morgan fingerprint density at radius 2 is 2.04 bits per heavy atom. The Labute approximate surface area is 142 Å². The largest absolute Gasteiger partial charge is 0.470 e. The normalized spacial score (nSPS) is 21.5.